The maximum absolute atomic E-state index is 12.4. The number of rotatable bonds is 3. The molecule has 0 radical (unpaired) electrons. The van der Waals surface area contributed by atoms with E-state index in [2.05, 4.69) is 5.32 Å². The molecule has 0 saturated heterocycles. The largest absolute Gasteiger partial charge is 0.477 e. The summed E-state index contributed by atoms with van der Waals surface area (Å²) in [5.41, 5.74) is 3.94. The molecule has 0 saturated carbocycles. The first-order valence-corrected chi connectivity index (χ1v) is 9.66. The molecule has 0 fully saturated rings. The Bertz CT molecular complexity index is 1060. The molecule has 0 aliphatic carbocycles. The monoisotopic (exact) mass is 397 g/mol. The minimum absolute atomic E-state index is 0.129. The molecule has 1 amide bonds. The van der Waals surface area contributed by atoms with Crippen molar-refractivity contribution < 1.29 is 14.7 Å². The van der Waals surface area contributed by atoms with Gasteiger partial charge in [-0.15, -0.1) is 11.3 Å². The van der Waals surface area contributed by atoms with Crippen molar-refractivity contribution in [3.8, 4) is 11.1 Å². The molecule has 2 aromatic carbocycles. The Morgan fingerprint density at radius 2 is 1.96 bits per heavy atom. The predicted molar refractivity (Wildman–Crippen MR) is 108 cm³/mol. The summed E-state index contributed by atoms with van der Waals surface area (Å²) in [7, 11) is 0. The Hall–Kier alpha value is -2.63. The molecule has 1 aliphatic heterocycles. The molecule has 0 spiro atoms. The van der Waals surface area contributed by atoms with E-state index in [0.29, 0.717) is 16.3 Å². The van der Waals surface area contributed by atoms with Crippen molar-refractivity contribution in [2.75, 3.05) is 5.32 Å². The number of hydrogen-bond donors (Lipinski definition) is 2. The number of carbonyl (C=O) groups excluding carboxylic acids is 1. The molecule has 3 aromatic rings. The Balaban J connectivity index is 1.94. The molecule has 27 heavy (non-hydrogen) atoms. The first-order valence-electron chi connectivity index (χ1n) is 8.46. The van der Waals surface area contributed by atoms with E-state index in [-0.39, 0.29) is 23.1 Å². The van der Waals surface area contributed by atoms with Gasteiger partial charge in [-0.3, -0.25) is 4.79 Å². The first-order chi connectivity index (χ1) is 12.9. The summed E-state index contributed by atoms with van der Waals surface area (Å²) in [6, 6.07) is 15.0. The van der Waals surface area contributed by atoms with Gasteiger partial charge in [-0.2, -0.15) is 0 Å². The number of amides is 1. The summed E-state index contributed by atoms with van der Waals surface area (Å²) in [5, 5.41) is 13.3. The highest BCUT2D eigenvalue weighted by Crippen LogP contribution is 2.49. The van der Waals surface area contributed by atoms with Crippen LogP contribution in [-0.2, 0) is 4.79 Å². The number of carbonyl (C=O) groups is 2. The van der Waals surface area contributed by atoms with E-state index < -0.39 is 5.97 Å². The van der Waals surface area contributed by atoms with Crippen LogP contribution in [0.4, 0.5) is 5.69 Å². The number of fused-ring (bicyclic) bond motifs is 1. The zero-order valence-electron chi connectivity index (χ0n) is 14.5. The van der Waals surface area contributed by atoms with Gasteiger partial charge >= 0.3 is 5.97 Å². The average Bonchev–Trinajstić information content (AvgIpc) is 3.01. The van der Waals surface area contributed by atoms with Crippen LogP contribution in [0.25, 0.3) is 11.1 Å². The van der Waals surface area contributed by atoms with Gasteiger partial charge in [0.25, 0.3) is 0 Å². The van der Waals surface area contributed by atoms with Crippen molar-refractivity contribution in [3.63, 3.8) is 0 Å². The van der Waals surface area contributed by atoms with Crippen molar-refractivity contribution in [1.29, 1.82) is 0 Å². The second kappa shape index (κ2) is 6.83. The fraction of sp³-hybridized carbons (Fsp3) is 0.143. The number of benzene rings is 2. The molecule has 136 valence electrons. The van der Waals surface area contributed by atoms with Crippen LogP contribution < -0.4 is 5.32 Å². The number of nitrogens with one attached hydrogen (secondary N) is 1. The van der Waals surface area contributed by atoms with E-state index in [1.165, 1.54) is 11.3 Å². The number of hydrogen-bond acceptors (Lipinski definition) is 3. The van der Waals surface area contributed by atoms with Crippen molar-refractivity contribution in [3.05, 3.63) is 74.4 Å². The van der Waals surface area contributed by atoms with Crippen LogP contribution in [-0.4, -0.2) is 17.0 Å². The smallest absolute Gasteiger partial charge is 0.346 e. The van der Waals surface area contributed by atoms with E-state index >= 15 is 0 Å². The van der Waals surface area contributed by atoms with Gasteiger partial charge < -0.3 is 10.4 Å². The van der Waals surface area contributed by atoms with Gasteiger partial charge in [0, 0.05) is 27.8 Å². The molecule has 2 heterocycles. The van der Waals surface area contributed by atoms with E-state index in [1.54, 1.807) is 6.07 Å². The highest BCUT2D eigenvalue weighted by molar-refractivity contribution is 7.15. The SMILES string of the molecule is Cc1ccc(-c2c(C(=O)O)sc3c2NC(=O)C[C@H]3c2cccc(Cl)c2)cc1. The summed E-state index contributed by atoms with van der Waals surface area (Å²) < 4.78 is 0. The van der Waals surface area contributed by atoms with Crippen LogP contribution in [0.3, 0.4) is 0 Å². The molecule has 2 N–H and O–H groups in total. The van der Waals surface area contributed by atoms with Gasteiger partial charge in [0.1, 0.15) is 4.88 Å². The lowest BCUT2D eigenvalue weighted by atomic mass is 9.88. The molecular weight excluding hydrogens is 382 g/mol. The third-order valence-electron chi connectivity index (χ3n) is 4.69. The van der Waals surface area contributed by atoms with Crippen molar-refractivity contribution >= 4 is 40.5 Å². The number of carboxylic acid groups (broad SMARTS) is 1. The molecule has 4 nitrogen and oxygen atoms in total. The second-order valence-electron chi connectivity index (χ2n) is 6.58. The van der Waals surface area contributed by atoms with Crippen molar-refractivity contribution in [2.45, 2.75) is 19.3 Å². The molecule has 6 heteroatoms. The van der Waals surface area contributed by atoms with Crippen LogP contribution in [0.5, 0.6) is 0 Å². The standard InChI is InChI=1S/C21H16ClNO3S/c1-11-5-7-12(8-6-11)17-18-19(27-20(17)21(25)26)15(10-16(24)23-18)13-3-2-4-14(22)9-13/h2-9,15H,10H2,1H3,(H,23,24)(H,25,26)/t15-/m0/s1. The summed E-state index contributed by atoms with van der Waals surface area (Å²) in [4.78, 5) is 25.4. The Kier molecular flexibility index (Phi) is 4.50. The van der Waals surface area contributed by atoms with Crippen LogP contribution in [0.2, 0.25) is 5.02 Å². The van der Waals surface area contributed by atoms with Crippen LogP contribution in [0.1, 0.15) is 38.0 Å². The lowest BCUT2D eigenvalue weighted by Gasteiger charge is -2.24. The molecule has 1 atom stereocenters. The van der Waals surface area contributed by atoms with E-state index in [1.807, 2.05) is 49.4 Å². The molecule has 4 rings (SSSR count). The highest BCUT2D eigenvalue weighted by atomic mass is 35.5. The van der Waals surface area contributed by atoms with Gasteiger partial charge in [-0.25, -0.2) is 4.79 Å². The Labute approximate surface area is 165 Å². The summed E-state index contributed by atoms with van der Waals surface area (Å²) >= 11 is 7.36. The molecule has 0 bridgehead atoms. The average molecular weight is 398 g/mol. The maximum Gasteiger partial charge on any atom is 0.346 e. The topological polar surface area (TPSA) is 66.4 Å². The number of halogens is 1. The van der Waals surface area contributed by atoms with E-state index in [9.17, 15) is 14.7 Å². The zero-order chi connectivity index (χ0) is 19.1. The fourth-order valence-electron chi connectivity index (χ4n) is 3.43. The quantitative estimate of drug-likeness (QED) is 0.608. The number of carboxylic acids is 1. The highest BCUT2D eigenvalue weighted by Gasteiger charge is 2.34. The van der Waals surface area contributed by atoms with Gasteiger partial charge in [-0.1, -0.05) is 53.6 Å². The normalized spacial score (nSPS) is 15.9. The third-order valence-corrected chi connectivity index (χ3v) is 6.22. The first kappa shape index (κ1) is 17.8. The minimum atomic E-state index is -0.996. The maximum atomic E-state index is 12.4. The number of aromatic carboxylic acids is 1. The minimum Gasteiger partial charge on any atom is -0.477 e. The van der Waals surface area contributed by atoms with E-state index in [4.69, 9.17) is 11.6 Å². The fourth-order valence-corrected chi connectivity index (χ4v) is 4.87. The summed E-state index contributed by atoms with van der Waals surface area (Å²) in [6.45, 7) is 1.97. The number of thiophene rings is 1. The van der Waals surface area contributed by atoms with E-state index in [0.717, 1.165) is 21.6 Å². The molecule has 1 aromatic heterocycles. The van der Waals surface area contributed by atoms with Crippen molar-refractivity contribution in [1.82, 2.24) is 0 Å². The van der Waals surface area contributed by atoms with Crippen LogP contribution in [0, 0.1) is 6.92 Å². The lowest BCUT2D eigenvalue weighted by Crippen LogP contribution is -2.22. The van der Waals surface area contributed by atoms with Crippen LogP contribution >= 0.6 is 22.9 Å². The molecule has 1 aliphatic rings. The van der Waals surface area contributed by atoms with Crippen molar-refractivity contribution in [2.24, 2.45) is 0 Å². The lowest BCUT2D eigenvalue weighted by molar-refractivity contribution is -0.116. The Morgan fingerprint density at radius 3 is 2.63 bits per heavy atom. The van der Waals surface area contributed by atoms with Gasteiger partial charge in [0.2, 0.25) is 5.91 Å². The van der Waals surface area contributed by atoms with Gasteiger partial charge in [-0.05, 0) is 30.2 Å². The summed E-state index contributed by atoms with van der Waals surface area (Å²) in [6.07, 6.45) is 0.264. The molecule has 0 unspecified atom stereocenters. The number of aryl methyl sites for hydroxylation is 1. The second-order valence-corrected chi connectivity index (χ2v) is 8.07. The van der Waals surface area contributed by atoms with Gasteiger partial charge in [0.05, 0.1) is 5.69 Å². The van der Waals surface area contributed by atoms with Crippen LogP contribution in [0.15, 0.2) is 48.5 Å². The zero-order valence-corrected chi connectivity index (χ0v) is 16.0. The third kappa shape index (κ3) is 3.24. The number of anilines is 1. The Morgan fingerprint density at radius 1 is 1.22 bits per heavy atom. The molecular formula is C21H16ClNO3S. The van der Waals surface area contributed by atoms with Gasteiger partial charge in [0.15, 0.2) is 0 Å². The summed E-state index contributed by atoms with van der Waals surface area (Å²) in [5.74, 6) is -1.34. The predicted octanol–water partition coefficient (Wildman–Crippen LogP) is 5.55.